The molecule has 0 aromatic rings. The summed E-state index contributed by atoms with van der Waals surface area (Å²) in [5.41, 5.74) is 0.630. The lowest BCUT2D eigenvalue weighted by molar-refractivity contribution is -0.0901. The third-order valence-corrected chi connectivity index (χ3v) is 2.86. The topological polar surface area (TPSA) is 18.5 Å². The zero-order valence-corrected chi connectivity index (χ0v) is 8.90. The number of rotatable bonds is 4. The maximum absolute atomic E-state index is 5.78. The van der Waals surface area contributed by atoms with E-state index in [0.717, 1.165) is 25.0 Å². The third kappa shape index (κ3) is 2.46. The molecule has 1 fully saturated rings. The predicted octanol–water partition coefficient (Wildman–Crippen LogP) is 2.37. The third-order valence-electron chi connectivity index (χ3n) is 2.54. The fourth-order valence-corrected chi connectivity index (χ4v) is 1.95. The van der Waals surface area contributed by atoms with Gasteiger partial charge in [-0.3, -0.25) is 0 Å². The molecule has 0 saturated carbocycles. The first-order valence-electron chi connectivity index (χ1n) is 4.62. The van der Waals surface area contributed by atoms with Crippen LogP contribution < -0.4 is 0 Å². The van der Waals surface area contributed by atoms with E-state index in [2.05, 4.69) is 6.58 Å². The lowest BCUT2D eigenvalue weighted by Gasteiger charge is -2.37. The maximum atomic E-state index is 5.78. The molecule has 76 valence electrons. The van der Waals surface area contributed by atoms with E-state index in [4.69, 9.17) is 21.1 Å². The van der Waals surface area contributed by atoms with Gasteiger partial charge >= 0.3 is 0 Å². The normalized spacial score (nSPS) is 28.8. The second-order valence-corrected chi connectivity index (χ2v) is 3.74. The molecular formula is C10H17ClO2. The van der Waals surface area contributed by atoms with Crippen molar-refractivity contribution in [2.75, 3.05) is 26.2 Å². The molecule has 0 bridgehead atoms. The van der Waals surface area contributed by atoms with Crippen molar-refractivity contribution >= 4 is 11.6 Å². The molecule has 1 heterocycles. The average molecular weight is 205 g/mol. The minimum absolute atomic E-state index is 0.311. The highest BCUT2D eigenvalue weighted by molar-refractivity contribution is 6.19. The molecule has 0 spiro atoms. The van der Waals surface area contributed by atoms with E-state index in [0.29, 0.717) is 12.5 Å². The van der Waals surface area contributed by atoms with Gasteiger partial charge in [-0.15, -0.1) is 11.6 Å². The fraction of sp³-hybridized carbons (Fsp3) is 0.800. The van der Waals surface area contributed by atoms with Gasteiger partial charge in [-0.25, -0.2) is 0 Å². The van der Waals surface area contributed by atoms with Gasteiger partial charge in [0.25, 0.3) is 0 Å². The van der Waals surface area contributed by atoms with Crippen molar-refractivity contribution in [1.29, 1.82) is 0 Å². The Labute approximate surface area is 84.9 Å². The Hall–Kier alpha value is -0.0500. The maximum Gasteiger partial charge on any atom is 0.113 e. The second kappa shape index (κ2) is 4.99. The van der Waals surface area contributed by atoms with Crippen LogP contribution >= 0.6 is 11.6 Å². The largest absolute Gasteiger partial charge is 0.381 e. The van der Waals surface area contributed by atoms with E-state index in [1.165, 1.54) is 6.42 Å². The van der Waals surface area contributed by atoms with Crippen molar-refractivity contribution in [3.05, 3.63) is 12.2 Å². The van der Waals surface area contributed by atoms with E-state index in [1.807, 2.05) is 0 Å². The molecule has 1 unspecified atom stereocenters. The van der Waals surface area contributed by atoms with Gasteiger partial charge in [-0.1, -0.05) is 6.58 Å². The number of hydrogen-bond acceptors (Lipinski definition) is 2. The number of alkyl halides is 1. The molecule has 2 nitrogen and oxygen atoms in total. The molecule has 0 amide bonds. The number of hydrogen-bond donors (Lipinski definition) is 0. The van der Waals surface area contributed by atoms with Crippen molar-refractivity contribution in [2.24, 2.45) is 0 Å². The Morgan fingerprint density at radius 1 is 1.62 bits per heavy atom. The summed E-state index contributed by atoms with van der Waals surface area (Å²) >= 11 is 5.78. The lowest BCUT2D eigenvalue weighted by atomic mass is 9.88. The minimum Gasteiger partial charge on any atom is -0.381 e. The van der Waals surface area contributed by atoms with E-state index in [1.54, 1.807) is 7.11 Å². The number of ether oxygens (including phenoxy) is 2. The van der Waals surface area contributed by atoms with Crippen LogP contribution in [0.4, 0.5) is 0 Å². The summed E-state index contributed by atoms with van der Waals surface area (Å²) in [6, 6.07) is 0. The molecule has 3 heteroatoms. The first kappa shape index (κ1) is 11.0. The fourth-order valence-electron chi connectivity index (χ4n) is 1.70. The van der Waals surface area contributed by atoms with Gasteiger partial charge < -0.3 is 9.47 Å². The molecule has 0 aromatic carbocycles. The van der Waals surface area contributed by atoms with Crippen LogP contribution in [0.2, 0.25) is 0 Å². The van der Waals surface area contributed by atoms with Crippen molar-refractivity contribution < 1.29 is 9.47 Å². The van der Waals surface area contributed by atoms with Gasteiger partial charge in [0.05, 0.1) is 6.61 Å². The van der Waals surface area contributed by atoms with Crippen LogP contribution in [-0.4, -0.2) is 31.8 Å². The summed E-state index contributed by atoms with van der Waals surface area (Å²) < 4.78 is 10.9. The second-order valence-electron chi connectivity index (χ2n) is 3.47. The van der Waals surface area contributed by atoms with Gasteiger partial charge in [-0.2, -0.15) is 0 Å². The van der Waals surface area contributed by atoms with Crippen molar-refractivity contribution in [1.82, 2.24) is 0 Å². The summed E-state index contributed by atoms with van der Waals surface area (Å²) in [7, 11) is 1.68. The molecule has 1 rings (SSSR count). The molecule has 1 aliphatic rings. The predicted molar refractivity (Wildman–Crippen MR) is 54.3 cm³/mol. The van der Waals surface area contributed by atoms with Crippen LogP contribution in [0, 0.1) is 0 Å². The first-order chi connectivity index (χ1) is 6.25. The minimum atomic E-state index is -0.311. The summed E-state index contributed by atoms with van der Waals surface area (Å²) in [5.74, 6) is 0.448. The van der Waals surface area contributed by atoms with E-state index >= 15 is 0 Å². The summed E-state index contributed by atoms with van der Waals surface area (Å²) in [5, 5.41) is 0. The quantitative estimate of drug-likeness (QED) is 0.517. The van der Waals surface area contributed by atoms with Crippen LogP contribution in [0.15, 0.2) is 12.2 Å². The molecule has 0 N–H and O–H groups in total. The molecule has 0 aromatic heterocycles. The highest BCUT2D eigenvalue weighted by Crippen LogP contribution is 2.32. The smallest absolute Gasteiger partial charge is 0.113 e. The molecule has 1 saturated heterocycles. The Kier molecular flexibility index (Phi) is 4.23. The molecule has 0 radical (unpaired) electrons. The first-order valence-corrected chi connectivity index (χ1v) is 5.16. The number of halogens is 1. The molecule has 0 aliphatic carbocycles. The Balaban J connectivity index is 2.66. The van der Waals surface area contributed by atoms with Gasteiger partial charge in [0.1, 0.15) is 5.60 Å². The van der Waals surface area contributed by atoms with Gasteiger partial charge in [0, 0.05) is 19.6 Å². The van der Waals surface area contributed by atoms with Crippen molar-refractivity contribution in [2.45, 2.75) is 24.9 Å². The summed E-state index contributed by atoms with van der Waals surface area (Å²) in [4.78, 5) is 0. The summed E-state index contributed by atoms with van der Waals surface area (Å²) in [6.07, 6.45) is 3.27. The number of methoxy groups -OCH3 is 1. The Morgan fingerprint density at radius 3 is 2.85 bits per heavy atom. The monoisotopic (exact) mass is 204 g/mol. The van der Waals surface area contributed by atoms with Gasteiger partial charge in [-0.05, 0) is 24.8 Å². The molecule has 1 atom stereocenters. The Bertz CT molecular complexity index is 168. The average Bonchev–Trinajstić information content (AvgIpc) is 2.18. The van der Waals surface area contributed by atoms with E-state index in [9.17, 15) is 0 Å². The Morgan fingerprint density at radius 2 is 2.38 bits per heavy atom. The lowest BCUT2D eigenvalue weighted by Crippen LogP contribution is -2.42. The van der Waals surface area contributed by atoms with Crippen LogP contribution in [-0.2, 0) is 9.47 Å². The highest BCUT2D eigenvalue weighted by atomic mass is 35.5. The molecular weight excluding hydrogens is 188 g/mol. The van der Waals surface area contributed by atoms with Crippen molar-refractivity contribution in [3.63, 3.8) is 0 Å². The van der Waals surface area contributed by atoms with Crippen LogP contribution in [0.5, 0.6) is 0 Å². The van der Waals surface area contributed by atoms with Crippen molar-refractivity contribution in [3.8, 4) is 0 Å². The zero-order chi connectivity index (χ0) is 9.73. The molecule has 13 heavy (non-hydrogen) atoms. The van der Waals surface area contributed by atoms with Crippen LogP contribution in [0.25, 0.3) is 0 Å². The summed E-state index contributed by atoms with van der Waals surface area (Å²) in [6.45, 7) is 5.31. The standard InChI is InChI=1S/C10H17ClO2/c1-9(7-11)10(8-12-2)5-3-4-6-13-10/h1,3-8H2,2H3. The van der Waals surface area contributed by atoms with Gasteiger partial charge in [0.15, 0.2) is 0 Å². The van der Waals surface area contributed by atoms with Crippen LogP contribution in [0.1, 0.15) is 19.3 Å². The SMILES string of the molecule is C=C(CCl)C1(COC)CCCCO1. The zero-order valence-electron chi connectivity index (χ0n) is 8.14. The van der Waals surface area contributed by atoms with E-state index in [-0.39, 0.29) is 5.60 Å². The van der Waals surface area contributed by atoms with E-state index < -0.39 is 0 Å². The van der Waals surface area contributed by atoms with Gasteiger partial charge in [0.2, 0.25) is 0 Å². The molecule has 1 aliphatic heterocycles. The van der Waals surface area contributed by atoms with Crippen LogP contribution in [0.3, 0.4) is 0 Å². The highest BCUT2D eigenvalue weighted by Gasteiger charge is 2.35.